The number of phenols is 1. The fraction of sp³-hybridized carbons (Fsp3) is 0.538. The molecule has 1 aliphatic rings. The third kappa shape index (κ3) is 4.91. The molecule has 6 heteroatoms. The van der Waals surface area contributed by atoms with Gasteiger partial charge in [0.15, 0.2) is 0 Å². The molecule has 1 aromatic rings. The zero-order chi connectivity index (χ0) is 13.2. The highest BCUT2D eigenvalue weighted by Crippen LogP contribution is 2.30. The van der Waals surface area contributed by atoms with E-state index in [0.29, 0.717) is 19.0 Å². The van der Waals surface area contributed by atoms with Gasteiger partial charge in [0.1, 0.15) is 5.75 Å². The van der Waals surface area contributed by atoms with Crippen LogP contribution >= 0.6 is 12.4 Å². The zero-order valence-corrected chi connectivity index (χ0v) is 11.2. The molecule has 19 heavy (non-hydrogen) atoms. The zero-order valence-electron chi connectivity index (χ0n) is 10.4. The van der Waals surface area contributed by atoms with Gasteiger partial charge in [-0.1, -0.05) is 12.1 Å². The van der Waals surface area contributed by atoms with Crippen LogP contribution in [0, 0.1) is 0 Å². The number of likely N-dealkylation sites (tertiary alicyclic amines) is 1. The fourth-order valence-electron chi connectivity index (χ4n) is 2.42. The summed E-state index contributed by atoms with van der Waals surface area (Å²) in [6.45, 7) is 0.144. The van der Waals surface area contributed by atoms with Crippen molar-refractivity contribution in [3.8, 4) is 5.75 Å². The van der Waals surface area contributed by atoms with Crippen molar-refractivity contribution in [1.82, 2.24) is 4.90 Å². The van der Waals surface area contributed by atoms with E-state index in [9.17, 15) is 18.3 Å². The summed E-state index contributed by atoms with van der Waals surface area (Å²) >= 11 is 0. The molecular weight excluding hydrogens is 279 g/mol. The molecule has 0 spiro atoms. The lowest BCUT2D eigenvalue weighted by molar-refractivity contribution is -0.147. The van der Waals surface area contributed by atoms with Gasteiger partial charge in [-0.05, 0) is 49.5 Å². The number of rotatable bonds is 2. The minimum Gasteiger partial charge on any atom is -0.508 e. The Hall–Kier alpha value is -0.940. The highest BCUT2D eigenvalue weighted by atomic mass is 35.5. The monoisotopic (exact) mass is 295 g/mol. The lowest BCUT2D eigenvalue weighted by Crippen LogP contribution is -2.39. The van der Waals surface area contributed by atoms with Crippen LogP contribution in [0.4, 0.5) is 13.2 Å². The molecule has 2 rings (SSSR count). The fourth-order valence-corrected chi connectivity index (χ4v) is 2.42. The molecule has 1 fully saturated rings. The second-order valence-electron chi connectivity index (χ2n) is 4.76. The van der Waals surface area contributed by atoms with Crippen molar-refractivity contribution in [1.29, 1.82) is 0 Å². The molecule has 0 unspecified atom stereocenters. The predicted molar refractivity (Wildman–Crippen MR) is 69.8 cm³/mol. The van der Waals surface area contributed by atoms with E-state index >= 15 is 0 Å². The maximum Gasteiger partial charge on any atom is 0.401 e. The Kier molecular flexibility index (Phi) is 5.50. The molecule has 1 N–H and O–H groups in total. The normalized spacial score (nSPS) is 18.1. The van der Waals surface area contributed by atoms with Crippen LogP contribution in [0.3, 0.4) is 0 Å². The molecule has 1 aromatic carbocycles. The number of hydrogen-bond donors (Lipinski definition) is 1. The van der Waals surface area contributed by atoms with E-state index in [1.165, 1.54) is 4.90 Å². The minimum absolute atomic E-state index is 0. The van der Waals surface area contributed by atoms with Crippen LogP contribution in [0.15, 0.2) is 24.3 Å². The number of aromatic hydroxyl groups is 1. The third-order valence-corrected chi connectivity index (χ3v) is 3.35. The second kappa shape index (κ2) is 6.48. The number of halogens is 4. The van der Waals surface area contributed by atoms with Gasteiger partial charge in [0.25, 0.3) is 0 Å². The van der Waals surface area contributed by atoms with E-state index in [0.717, 1.165) is 18.4 Å². The van der Waals surface area contributed by atoms with E-state index in [2.05, 4.69) is 0 Å². The predicted octanol–water partition coefficient (Wildman–Crippen LogP) is 3.56. The molecule has 0 atom stereocenters. The molecule has 108 valence electrons. The standard InChI is InChI=1S/C13H16F3NO.ClH/c14-13(15,16)9-17-7-5-11(6-8-17)10-1-3-12(18)4-2-10;/h1-4,11,18H,5-9H2;1H. The first-order chi connectivity index (χ1) is 8.44. The summed E-state index contributed by atoms with van der Waals surface area (Å²) in [5, 5.41) is 9.19. The summed E-state index contributed by atoms with van der Waals surface area (Å²) in [7, 11) is 0. The van der Waals surface area contributed by atoms with E-state index in [4.69, 9.17) is 0 Å². The van der Waals surface area contributed by atoms with Gasteiger partial charge in [0, 0.05) is 0 Å². The Morgan fingerprint density at radius 1 is 1.11 bits per heavy atom. The Morgan fingerprint density at radius 2 is 1.63 bits per heavy atom. The van der Waals surface area contributed by atoms with Gasteiger partial charge in [0.05, 0.1) is 6.54 Å². The molecule has 1 saturated heterocycles. The minimum atomic E-state index is -4.11. The molecule has 0 aliphatic carbocycles. The maximum absolute atomic E-state index is 12.2. The van der Waals surface area contributed by atoms with Crippen LogP contribution < -0.4 is 0 Å². The topological polar surface area (TPSA) is 23.5 Å². The van der Waals surface area contributed by atoms with Gasteiger partial charge in [-0.3, -0.25) is 4.90 Å². The Labute approximate surface area is 116 Å². The van der Waals surface area contributed by atoms with Gasteiger partial charge in [-0.2, -0.15) is 13.2 Å². The SMILES string of the molecule is Cl.Oc1ccc(C2CCN(CC(F)(F)F)CC2)cc1. The number of alkyl halides is 3. The first-order valence-electron chi connectivity index (χ1n) is 6.02. The second-order valence-corrected chi connectivity index (χ2v) is 4.76. The summed E-state index contributed by atoms with van der Waals surface area (Å²) < 4.78 is 36.7. The highest BCUT2D eigenvalue weighted by molar-refractivity contribution is 5.85. The van der Waals surface area contributed by atoms with Gasteiger partial charge in [-0.15, -0.1) is 12.4 Å². The van der Waals surface area contributed by atoms with Crippen molar-refractivity contribution in [2.75, 3.05) is 19.6 Å². The van der Waals surface area contributed by atoms with Crippen molar-refractivity contribution in [3.63, 3.8) is 0 Å². The van der Waals surface area contributed by atoms with Crippen LogP contribution in [0.2, 0.25) is 0 Å². The van der Waals surface area contributed by atoms with Gasteiger partial charge < -0.3 is 5.11 Å². The van der Waals surface area contributed by atoms with Crippen LogP contribution in [0.1, 0.15) is 24.3 Å². The molecule has 0 amide bonds. The van der Waals surface area contributed by atoms with Crippen LogP contribution in [-0.4, -0.2) is 35.8 Å². The highest BCUT2D eigenvalue weighted by Gasteiger charge is 2.32. The van der Waals surface area contributed by atoms with Crippen molar-refractivity contribution in [3.05, 3.63) is 29.8 Å². The smallest absolute Gasteiger partial charge is 0.401 e. The number of nitrogens with zero attached hydrogens (tertiary/aromatic N) is 1. The van der Waals surface area contributed by atoms with Gasteiger partial charge in [0.2, 0.25) is 0 Å². The Bertz CT molecular complexity index is 386. The lowest BCUT2D eigenvalue weighted by atomic mass is 9.89. The van der Waals surface area contributed by atoms with Crippen LogP contribution in [0.5, 0.6) is 5.75 Å². The lowest BCUT2D eigenvalue weighted by Gasteiger charge is -2.32. The molecule has 1 aliphatic heterocycles. The van der Waals surface area contributed by atoms with Crippen molar-refractivity contribution < 1.29 is 18.3 Å². The maximum atomic E-state index is 12.2. The van der Waals surface area contributed by atoms with E-state index < -0.39 is 12.7 Å². The van der Waals surface area contributed by atoms with E-state index in [1.54, 1.807) is 12.1 Å². The van der Waals surface area contributed by atoms with Crippen LogP contribution in [0.25, 0.3) is 0 Å². The largest absolute Gasteiger partial charge is 0.508 e. The summed E-state index contributed by atoms with van der Waals surface area (Å²) in [5.41, 5.74) is 1.10. The average Bonchev–Trinajstić information content (AvgIpc) is 2.29. The summed E-state index contributed by atoms with van der Waals surface area (Å²) in [6.07, 6.45) is -2.63. The first-order valence-corrected chi connectivity index (χ1v) is 6.02. The molecule has 2 nitrogen and oxygen atoms in total. The molecular formula is C13H17ClF3NO. The summed E-state index contributed by atoms with van der Waals surface area (Å²) in [4.78, 5) is 1.46. The quantitative estimate of drug-likeness (QED) is 0.902. The van der Waals surface area contributed by atoms with Crippen molar-refractivity contribution >= 4 is 12.4 Å². The summed E-state index contributed by atoms with van der Waals surface area (Å²) in [5.74, 6) is 0.517. The van der Waals surface area contributed by atoms with Crippen molar-refractivity contribution in [2.45, 2.75) is 24.9 Å². The number of benzene rings is 1. The number of phenolic OH excluding ortho intramolecular Hbond substituents is 1. The van der Waals surface area contributed by atoms with Gasteiger partial charge >= 0.3 is 6.18 Å². The van der Waals surface area contributed by atoms with Crippen LogP contribution in [-0.2, 0) is 0 Å². The molecule has 0 radical (unpaired) electrons. The molecule has 1 heterocycles. The molecule has 0 bridgehead atoms. The third-order valence-electron chi connectivity index (χ3n) is 3.35. The number of piperidine rings is 1. The molecule has 0 saturated carbocycles. The Morgan fingerprint density at radius 3 is 2.11 bits per heavy atom. The average molecular weight is 296 g/mol. The van der Waals surface area contributed by atoms with Gasteiger partial charge in [-0.25, -0.2) is 0 Å². The summed E-state index contributed by atoms with van der Waals surface area (Å²) in [6, 6.07) is 6.94. The van der Waals surface area contributed by atoms with Crippen molar-refractivity contribution in [2.24, 2.45) is 0 Å². The molecule has 0 aromatic heterocycles. The van der Waals surface area contributed by atoms with E-state index in [1.807, 2.05) is 12.1 Å². The first kappa shape index (κ1) is 16.1. The number of hydrogen-bond acceptors (Lipinski definition) is 2. The Balaban J connectivity index is 0.00000180. The van der Waals surface area contributed by atoms with E-state index in [-0.39, 0.29) is 18.2 Å².